The Morgan fingerprint density at radius 3 is 2.80 bits per heavy atom. The predicted octanol–water partition coefficient (Wildman–Crippen LogP) is 3.19. The van der Waals surface area contributed by atoms with Crippen LogP contribution in [0.2, 0.25) is 0 Å². The Hall–Kier alpha value is -1.94. The van der Waals surface area contributed by atoms with Crippen LogP contribution in [0, 0.1) is 0 Å². The topological polar surface area (TPSA) is 42.2 Å². The molecular weight excluding hydrogens is 266 g/mol. The molecule has 0 saturated carbocycles. The van der Waals surface area contributed by atoms with Crippen molar-refractivity contribution >= 4 is 28.6 Å². The van der Waals surface area contributed by atoms with Crippen LogP contribution in [0.1, 0.15) is 24.6 Å². The summed E-state index contributed by atoms with van der Waals surface area (Å²) in [6, 6.07) is 12.9. The van der Waals surface area contributed by atoms with Crippen molar-refractivity contribution in [1.82, 2.24) is 4.98 Å². The lowest BCUT2D eigenvalue weighted by Gasteiger charge is -2.37. The summed E-state index contributed by atoms with van der Waals surface area (Å²) in [4.78, 5) is 7.00. The Bertz CT molecular complexity index is 654. The molecule has 102 valence electrons. The monoisotopic (exact) mass is 283 g/mol. The molecule has 0 spiro atoms. The van der Waals surface area contributed by atoms with Gasteiger partial charge in [-0.1, -0.05) is 30.4 Å². The summed E-state index contributed by atoms with van der Waals surface area (Å²) in [5.41, 5.74) is 10.1. The van der Waals surface area contributed by atoms with E-state index in [9.17, 15) is 0 Å². The Balaban J connectivity index is 2.17. The Labute approximate surface area is 124 Å². The predicted molar refractivity (Wildman–Crippen MR) is 86.5 cm³/mol. The van der Waals surface area contributed by atoms with Gasteiger partial charge in [0.05, 0.1) is 5.69 Å². The average molecular weight is 283 g/mol. The molecule has 0 bridgehead atoms. The standard InChI is InChI=1S/C16H17N3S/c1-11-8-9-12-5-2-3-6-13(12)19(11)14-7-4-10-18-15(14)16(17)20/h2-7,10-11H,8-9H2,1H3,(H2,17,20). The van der Waals surface area contributed by atoms with E-state index in [4.69, 9.17) is 18.0 Å². The number of thiocarbonyl (C=S) groups is 1. The number of hydrogen-bond acceptors (Lipinski definition) is 3. The Morgan fingerprint density at radius 2 is 2.00 bits per heavy atom. The number of benzene rings is 1. The molecule has 2 aromatic rings. The molecule has 3 rings (SSSR count). The van der Waals surface area contributed by atoms with Crippen molar-refractivity contribution in [2.75, 3.05) is 4.90 Å². The second-order valence-electron chi connectivity index (χ2n) is 5.12. The zero-order chi connectivity index (χ0) is 14.1. The quantitative estimate of drug-likeness (QED) is 0.860. The number of pyridine rings is 1. The third kappa shape index (κ3) is 2.16. The van der Waals surface area contributed by atoms with Crippen LogP contribution in [0.3, 0.4) is 0 Å². The van der Waals surface area contributed by atoms with E-state index in [-0.39, 0.29) is 0 Å². The maximum absolute atomic E-state index is 5.83. The van der Waals surface area contributed by atoms with E-state index in [1.54, 1.807) is 6.20 Å². The highest BCUT2D eigenvalue weighted by Crippen LogP contribution is 2.37. The van der Waals surface area contributed by atoms with Crippen molar-refractivity contribution in [2.45, 2.75) is 25.8 Å². The van der Waals surface area contributed by atoms with Gasteiger partial charge in [-0.15, -0.1) is 0 Å². The van der Waals surface area contributed by atoms with E-state index in [0.717, 1.165) is 18.5 Å². The first kappa shape index (κ1) is 13.1. The molecule has 1 aromatic carbocycles. The number of rotatable bonds is 2. The first-order chi connectivity index (χ1) is 9.68. The van der Waals surface area contributed by atoms with Gasteiger partial charge in [0.2, 0.25) is 0 Å². The number of para-hydroxylation sites is 1. The Kier molecular flexibility index (Phi) is 3.40. The lowest BCUT2D eigenvalue weighted by Crippen LogP contribution is -2.34. The van der Waals surface area contributed by atoms with Crippen molar-refractivity contribution in [3.05, 3.63) is 53.9 Å². The molecule has 2 heterocycles. The van der Waals surface area contributed by atoms with Gasteiger partial charge in [0.1, 0.15) is 10.7 Å². The number of hydrogen-bond donors (Lipinski definition) is 1. The number of anilines is 2. The molecule has 1 aliphatic heterocycles. The van der Waals surface area contributed by atoms with Crippen molar-refractivity contribution in [3.63, 3.8) is 0 Å². The van der Waals surface area contributed by atoms with Gasteiger partial charge in [-0.3, -0.25) is 4.98 Å². The molecule has 0 radical (unpaired) electrons. The van der Waals surface area contributed by atoms with Gasteiger partial charge in [-0.25, -0.2) is 0 Å². The zero-order valence-corrected chi connectivity index (χ0v) is 12.2. The fourth-order valence-electron chi connectivity index (χ4n) is 2.84. The van der Waals surface area contributed by atoms with Crippen molar-refractivity contribution < 1.29 is 0 Å². The summed E-state index contributed by atoms with van der Waals surface area (Å²) < 4.78 is 0. The number of nitrogens with two attached hydrogens (primary N) is 1. The van der Waals surface area contributed by atoms with Gasteiger partial charge in [0.15, 0.2) is 0 Å². The fraction of sp³-hybridized carbons (Fsp3) is 0.250. The fourth-order valence-corrected chi connectivity index (χ4v) is 2.99. The van der Waals surface area contributed by atoms with Gasteiger partial charge < -0.3 is 10.6 Å². The molecule has 20 heavy (non-hydrogen) atoms. The van der Waals surface area contributed by atoms with E-state index >= 15 is 0 Å². The number of aromatic nitrogens is 1. The van der Waals surface area contributed by atoms with Crippen LogP contribution in [0.25, 0.3) is 0 Å². The van der Waals surface area contributed by atoms with Crippen LogP contribution < -0.4 is 10.6 Å². The van der Waals surface area contributed by atoms with Gasteiger partial charge >= 0.3 is 0 Å². The second-order valence-corrected chi connectivity index (χ2v) is 5.56. The maximum atomic E-state index is 5.83. The minimum atomic E-state index is 0.343. The summed E-state index contributed by atoms with van der Waals surface area (Å²) in [6.07, 6.45) is 3.96. The summed E-state index contributed by atoms with van der Waals surface area (Å²) >= 11 is 5.14. The molecule has 0 aliphatic carbocycles. The molecule has 1 aromatic heterocycles. The highest BCUT2D eigenvalue weighted by molar-refractivity contribution is 7.80. The third-order valence-corrected chi connectivity index (χ3v) is 4.00. The number of fused-ring (bicyclic) bond motifs is 1. The Morgan fingerprint density at radius 1 is 1.25 bits per heavy atom. The normalized spacial score (nSPS) is 17.6. The van der Waals surface area contributed by atoms with Gasteiger partial charge in [-0.05, 0) is 43.5 Å². The molecule has 2 N–H and O–H groups in total. The van der Waals surface area contributed by atoms with Crippen LogP contribution in [-0.4, -0.2) is 16.0 Å². The molecule has 0 amide bonds. The smallest absolute Gasteiger partial charge is 0.124 e. The lowest BCUT2D eigenvalue weighted by atomic mass is 9.95. The van der Waals surface area contributed by atoms with Crippen LogP contribution >= 0.6 is 12.2 Å². The van der Waals surface area contributed by atoms with Crippen LogP contribution in [0.15, 0.2) is 42.6 Å². The van der Waals surface area contributed by atoms with Gasteiger partial charge in [-0.2, -0.15) is 0 Å². The van der Waals surface area contributed by atoms with Crippen LogP contribution in [-0.2, 0) is 6.42 Å². The van der Waals surface area contributed by atoms with Gasteiger partial charge in [0, 0.05) is 17.9 Å². The average Bonchev–Trinajstić information content (AvgIpc) is 2.47. The highest BCUT2D eigenvalue weighted by atomic mass is 32.1. The summed E-state index contributed by atoms with van der Waals surface area (Å²) in [6.45, 7) is 2.23. The lowest BCUT2D eigenvalue weighted by molar-refractivity contribution is 0.617. The van der Waals surface area contributed by atoms with Crippen LogP contribution in [0.5, 0.6) is 0 Å². The number of nitrogens with zero attached hydrogens (tertiary/aromatic N) is 2. The third-order valence-electron chi connectivity index (χ3n) is 3.80. The van der Waals surface area contributed by atoms with E-state index in [2.05, 4.69) is 41.1 Å². The molecule has 0 saturated heterocycles. The minimum Gasteiger partial charge on any atom is -0.388 e. The second kappa shape index (κ2) is 5.21. The first-order valence-corrected chi connectivity index (χ1v) is 7.21. The minimum absolute atomic E-state index is 0.343. The van der Waals surface area contributed by atoms with E-state index in [1.807, 2.05) is 12.1 Å². The summed E-state index contributed by atoms with van der Waals surface area (Å²) in [7, 11) is 0. The first-order valence-electron chi connectivity index (χ1n) is 6.80. The van der Waals surface area contributed by atoms with Crippen molar-refractivity contribution in [1.29, 1.82) is 0 Å². The van der Waals surface area contributed by atoms with E-state index in [0.29, 0.717) is 16.7 Å². The number of aryl methyl sites for hydroxylation is 1. The van der Waals surface area contributed by atoms with Gasteiger partial charge in [0.25, 0.3) is 0 Å². The van der Waals surface area contributed by atoms with Crippen LogP contribution in [0.4, 0.5) is 11.4 Å². The van der Waals surface area contributed by atoms with Crippen molar-refractivity contribution in [2.24, 2.45) is 5.73 Å². The molecule has 1 aliphatic rings. The molecule has 4 heteroatoms. The zero-order valence-electron chi connectivity index (χ0n) is 11.4. The van der Waals surface area contributed by atoms with E-state index in [1.165, 1.54) is 11.3 Å². The molecule has 3 nitrogen and oxygen atoms in total. The molecule has 1 unspecified atom stereocenters. The largest absolute Gasteiger partial charge is 0.388 e. The summed E-state index contributed by atoms with van der Waals surface area (Å²) in [5, 5.41) is 0. The molecular formula is C16H17N3S. The summed E-state index contributed by atoms with van der Waals surface area (Å²) in [5.74, 6) is 0. The SMILES string of the molecule is CC1CCc2ccccc2N1c1cccnc1C(N)=S. The highest BCUT2D eigenvalue weighted by Gasteiger charge is 2.26. The molecule has 1 atom stereocenters. The van der Waals surface area contributed by atoms with E-state index < -0.39 is 0 Å². The van der Waals surface area contributed by atoms with Crippen molar-refractivity contribution in [3.8, 4) is 0 Å². The maximum Gasteiger partial charge on any atom is 0.124 e. The molecule has 0 fully saturated rings.